The van der Waals surface area contributed by atoms with Crippen molar-refractivity contribution in [2.45, 2.75) is 6.42 Å². The highest BCUT2D eigenvalue weighted by Crippen LogP contribution is 2.25. The van der Waals surface area contributed by atoms with E-state index in [2.05, 4.69) is 26.2 Å². The van der Waals surface area contributed by atoms with Gasteiger partial charge < -0.3 is 10.4 Å². The lowest BCUT2D eigenvalue weighted by Gasteiger charge is -2.08. The Labute approximate surface area is 113 Å². The Hall–Kier alpha value is -1.46. The van der Waals surface area contributed by atoms with E-state index in [0.717, 1.165) is 16.7 Å². The predicted octanol–water partition coefficient (Wildman–Crippen LogP) is 2.46. The topological polar surface area (TPSA) is 62.2 Å². The number of fused-ring (bicyclic) bond motifs is 1. The minimum absolute atomic E-state index is 0.299. The number of aromatic nitrogens is 1. The molecule has 0 radical (unpaired) electrons. The normalized spacial score (nSPS) is 10.8. The number of carboxylic acid groups (broad SMARTS) is 1. The maximum Gasteiger partial charge on any atom is 0.336 e. The molecule has 2 rings (SSSR count). The van der Waals surface area contributed by atoms with Crippen molar-refractivity contribution in [1.82, 2.24) is 10.3 Å². The molecule has 0 fully saturated rings. The van der Waals surface area contributed by atoms with Crippen molar-refractivity contribution in [2.24, 2.45) is 0 Å². The van der Waals surface area contributed by atoms with Crippen LogP contribution in [0.5, 0.6) is 0 Å². The summed E-state index contributed by atoms with van der Waals surface area (Å²) in [6, 6.07) is 7.10. The highest BCUT2D eigenvalue weighted by molar-refractivity contribution is 9.10. The summed E-state index contributed by atoms with van der Waals surface area (Å²) in [5.74, 6) is -0.925. The van der Waals surface area contributed by atoms with E-state index in [1.807, 2.05) is 19.2 Å². The van der Waals surface area contributed by atoms with Gasteiger partial charge in [0.1, 0.15) is 0 Å². The quantitative estimate of drug-likeness (QED) is 0.911. The maximum atomic E-state index is 11.3. The number of likely N-dealkylation sites (N-methyl/N-ethyl adjacent to an activating group) is 1. The molecule has 0 atom stereocenters. The van der Waals surface area contributed by atoms with E-state index >= 15 is 0 Å². The third-order valence-corrected chi connectivity index (χ3v) is 3.34. The maximum absolute atomic E-state index is 11.3. The molecule has 0 saturated carbocycles. The minimum atomic E-state index is -0.925. The molecule has 0 bridgehead atoms. The van der Waals surface area contributed by atoms with Crippen molar-refractivity contribution in [2.75, 3.05) is 13.6 Å². The van der Waals surface area contributed by atoms with Crippen molar-refractivity contribution >= 4 is 32.8 Å². The predicted molar refractivity (Wildman–Crippen MR) is 74.0 cm³/mol. The van der Waals surface area contributed by atoms with Crippen LogP contribution in [0.1, 0.15) is 16.1 Å². The Balaban J connectivity index is 2.63. The molecule has 0 aliphatic rings. The van der Waals surface area contributed by atoms with Gasteiger partial charge in [-0.2, -0.15) is 0 Å². The van der Waals surface area contributed by atoms with Crippen LogP contribution < -0.4 is 5.32 Å². The number of nitrogens with one attached hydrogen (secondary N) is 1. The number of hydrogen-bond acceptors (Lipinski definition) is 3. The summed E-state index contributed by atoms with van der Waals surface area (Å²) >= 11 is 3.41. The summed E-state index contributed by atoms with van der Waals surface area (Å²) in [6.45, 7) is 0.766. The van der Waals surface area contributed by atoms with Crippen LogP contribution in [0.2, 0.25) is 0 Å². The molecule has 0 spiro atoms. The minimum Gasteiger partial charge on any atom is -0.478 e. The summed E-state index contributed by atoms with van der Waals surface area (Å²) in [5.41, 5.74) is 1.78. The number of carbonyl (C=O) groups is 1. The zero-order chi connectivity index (χ0) is 13.1. The van der Waals surface area contributed by atoms with Crippen LogP contribution >= 0.6 is 15.9 Å². The van der Waals surface area contributed by atoms with Crippen LogP contribution in [-0.2, 0) is 6.42 Å². The van der Waals surface area contributed by atoms with Crippen molar-refractivity contribution in [1.29, 1.82) is 0 Å². The lowest BCUT2D eigenvalue weighted by Crippen LogP contribution is -2.12. The third kappa shape index (κ3) is 2.52. The monoisotopic (exact) mass is 308 g/mol. The molecule has 18 heavy (non-hydrogen) atoms. The molecule has 0 saturated heterocycles. The highest BCUT2D eigenvalue weighted by atomic mass is 79.9. The zero-order valence-corrected chi connectivity index (χ0v) is 11.5. The first-order valence-electron chi connectivity index (χ1n) is 5.59. The largest absolute Gasteiger partial charge is 0.478 e. The lowest BCUT2D eigenvalue weighted by atomic mass is 10.1. The number of benzene rings is 1. The summed E-state index contributed by atoms with van der Waals surface area (Å²) in [5, 5.41) is 13.0. The lowest BCUT2D eigenvalue weighted by molar-refractivity contribution is 0.0699. The molecule has 1 aromatic carbocycles. The second-order valence-corrected chi connectivity index (χ2v) is 4.81. The van der Waals surface area contributed by atoms with Crippen molar-refractivity contribution < 1.29 is 9.90 Å². The van der Waals surface area contributed by atoms with Gasteiger partial charge in [-0.1, -0.05) is 12.1 Å². The smallest absolute Gasteiger partial charge is 0.336 e. The number of nitrogens with zero attached hydrogens (tertiary/aromatic N) is 1. The molecule has 1 aromatic heterocycles. The van der Waals surface area contributed by atoms with Gasteiger partial charge in [0, 0.05) is 28.5 Å². The molecule has 5 heteroatoms. The van der Waals surface area contributed by atoms with E-state index in [-0.39, 0.29) is 0 Å². The second-order valence-electron chi connectivity index (χ2n) is 3.96. The van der Waals surface area contributed by atoms with Gasteiger partial charge in [0.05, 0.1) is 11.1 Å². The molecular formula is C13H13BrN2O2. The summed E-state index contributed by atoms with van der Waals surface area (Å²) < 4.78 is 0.814. The van der Waals surface area contributed by atoms with Gasteiger partial charge in [-0.05, 0) is 35.1 Å². The van der Waals surface area contributed by atoms with Crippen molar-refractivity contribution in [3.63, 3.8) is 0 Å². The SMILES string of the molecule is CNCCc1cc(C(=O)O)c2cccc(Br)c2n1. The molecule has 0 amide bonds. The van der Waals surface area contributed by atoms with Crippen LogP contribution in [0.4, 0.5) is 0 Å². The number of rotatable bonds is 4. The van der Waals surface area contributed by atoms with E-state index in [1.165, 1.54) is 0 Å². The second kappa shape index (κ2) is 5.46. The van der Waals surface area contributed by atoms with E-state index in [4.69, 9.17) is 0 Å². The molecule has 2 aromatic rings. The molecule has 0 aliphatic heterocycles. The number of hydrogen-bond donors (Lipinski definition) is 2. The standard InChI is InChI=1S/C13H13BrN2O2/c1-15-6-5-8-7-10(13(17)18)9-3-2-4-11(14)12(9)16-8/h2-4,7,15H,5-6H2,1H3,(H,17,18). The van der Waals surface area contributed by atoms with Gasteiger partial charge in [-0.3, -0.25) is 4.98 Å². The van der Waals surface area contributed by atoms with Gasteiger partial charge in [-0.15, -0.1) is 0 Å². The molecule has 2 N–H and O–H groups in total. The molecule has 4 nitrogen and oxygen atoms in total. The summed E-state index contributed by atoms with van der Waals surface area (Å²) in [6.07, 6.45) is 0.702. The number of para-hydroxylation sites is 1. The number of aromatic carboxylic acids is 1. The van der Waals surface area contributed by atoms with Gasteiger partial charge >= 0.3 is 5.97 Å². The first-order chi connectivity index (χ1) is 8.63. The van der Waals surface area contributed by atoms with E-state index in [9.17, 15) is 9.90 Å². The van der Waals surface area contributed by atoms with Crippen molar-refractivity contribution in [3.05, 3.63) is 40.0 Å². The molecule has 0 aliphatic carbocycles. The summed E-state index contributed by atoms with van der Waals surface area (Å²) in [4.78, 5) is 15.8. The van der Waals surface area contributed by atoms with Crippen LogP contribution in [0.3, 0.4) is 0 Å². The molecule has 1 heterocycles. The van der Waals surface area contributed by atoms with Crippen LogP contribution in [0.15, 0.2) is 28.7 Å². The third-order valence-electron chi connectivity index (χ3n) is 2.70. The molecular weight excluding hydrogens is 296 g/mol. The number of pyridine rings is 1. The zero-order valence-electron chi connectivity index (χ0n) is 9.90. The van der Waals surface area contributed by atoms with Gasteiger partial charge in [0.2, 0.25) is 0 Å². The average molecular weight is 309 g/mol. The number of carboxylic acids is 1. The molecule has 94 valence electrons. The van der Waals surface area contributed by atoms with E-state index in [1.54, 1.807) is 12.1 Å². The molecule has 0 unspecified atom stereocenters. The summed E-state index contributed by atoms with van der Waals surface area (Å²) in [7, 11) is 1.86. The first-order valence-corrected chi connectivity index (χ1v) is 6.39. The fraction of sp³-hybridized carbons (Fsp3) is 0.231. The first kappa shape index (κ1) is 13.0. The Morgan fingerprint density at radius 3 is 2.94 bits per heavy atom. The van der Waals surface area contributed by atoms with E-state index in [0.29, 0.717) is 22.9 Å². The number of halogens is 1. The fourth-order valence-electron chi connectivity index (χ4n) is 1.82. The van der Waals surface area contributed by atoms with Gasteiger partial charge in [0.15, 0.2) is 0 Å². The average Bonchev–Trinajstić information content (AvgIpc) is 2.36. The Morgan fingerprint density at radius 1 is 1.50 bits per heavy atom. The van der Waals surface area contributed by atoms with Gasteiger partial charge in [-0.25, -0.2) is 4.79 Å². The van der Waals surface area contributed by atoms with Crippen LogP contribution in [0.25, 0.3) is 10.9 Å². The Morgan fingerprint density at radius 2 is 2.28 bits per heavy atom. The van der Waals surface area contributed by atoms with Crippen molar-refractivity contribution in [3.8, 4) is 0 Å². The fourth-order valence-corrected chi connectivity index (χ4v) is 2.28. The Bertz CT molecular complexity index is 599. The van der Waals surface area contributed by atoms with Crippen LogP contribution in [-0.4, -0.2) is 29.7 Å². The van der Waals surface area contributed by atoms with Gasteiger partial charge in [0.25, 0.3) is 0 Å². The van der Waals surface area contributed by atoms with E-state index < -0.39 is 5.97 Å². The Kier molecular flexibility index (Phi) is 3.93. The van der Waals surface area contributed by atoms with Crippen LogP contribution in [0, 0.1) is 0 Å². The highest BCUT2D eigenvalue weighted by Gasteiger charge is 2.13.